The van der Waals surface area contributed by atoms with Crippen molar-refractivity contribution in [1.29, 1.82) is 0 Å². The van der Waals surface area contributed by atoms with Crippen molar-refractivity contribution in [3.8, 4) is 0 Å². The Morgan fingerprint density at radius 2 is 2.33 bits per heavy atom. The van der Waals surface area contributed by atoms with E-state index in [-0.39, 0.29) is 23.9 Å². The molecule has 4 heteroatoms. The van der Waals surface area contributed by atoms with Gasteiger partial charge in [-0.2, -0.15) is 0 Å². The lowest BCUT2D eigenvalue weighted by molar-refractivity contribution is -0.137. The topological polar surface area (TPSA) is 46.3 Å². The lowest BCUT2D eigenvalue weighted by Gasteiger charge is -2.32. The minimum atomic E-state index is 0.126. The highest BCUT2D eigenvalue weighted by Crippen LogP contribution is 2.29. The fourth-order valence-electron chi connectivity index (χ4n) is 2.65. The Labute approximate surface area is 113 Å². The Bertz CT molecular complexity index is 391. The molecule has 0 aliphatic heterocycles. The fourth-order valence-corrected chi connectivity index (χ4v) is 3.48. The molecule has 3 nitrogen and oxygen atoms in total. The Balaban J connectivity index is 1.99. The van der Waals surface area contributed by atoms with Gasteiger partial charge in [0.2, 0.25) is 5.91 Å². The number of amides is 1. The van der Waals surface area contributed by atoms with Crippen LogP contribution in [0.15, 0.2) is 17.5 Å². The normalized spacial score (nSPS) is 25.7. The molecule has 100 valence electrons. The second kappa shape index (κ2) is 5.85. The average molecular weight is 266 g/mol. The van der Waals surface area contributed by atoms with E-state index in [9.17, 15) is 4.79 Å². The van der Waals surface area contributed by atoms with Crippen LogP contribution in [-0.2, 0) is 4.79 Å². The molecule has 2 rings (SSSR count). The third-order valence-corrected chi connectivity index (χ3v) is 4.99. The summed E-state index contributed by atoms with van der Waals surface area (Å²) in [5, 5.41) is 2.06. The van der Waals surface area contributed by atoms with E-state index in [1.54, 1.807) is 11.3 Å². The maximum Gasteiger partial charge on any atom is 0.226 e. The summed E-state index contributed by atoms with van der Waals surface area (Å²) in [5.41, 5.74) is 5.97. The summed E-state index contributed by atoms with van der Waals surface area (Å²) in [5.74, 6) is 0.382. The second-order valence-electron chi connectivity index (χ2n) is 5.26. The van der Waals surface area contributed by atoms with E-state index in [1.807, 2.05) is 18.0 Å². The zero-order valence-electron chi connectivity index (χ0n) is 11.1. The lowest BCUT2D eigenvalue weighted by atomic mass is 9.85. The van der Waals surface area contributed by atoms with Crippen molar-refractivity contribution >= 4 is 17.2 Å². The molecule has 0 saturated heterocycles. The molecular formula is C14H22N2OS. The minimum Gasteiger partial charge on any atom is -0.338 e. The van der Waals surface area contributed by atoms with E-state index >= 15 is 0 Å². The Hall–Kier alpha value is -0.870. The molecule has 1 aliphatic carbocycles. The van der Waals surface area contributed by atoms with Crippen molar-refractivity contribution in [2.24, 2.45) is 11.7 Å². The third-order valence-electron chi connectivity index (χ3n) is 3.95. The zero-order chi connectivity index (χ0) is 13.1. The highest BCUT2D eigenvalue weighted by Gasteiger charge is 2.29. The first kappa shape index (κ1) is 13.6. The summed E-state index contributed by atoms with van der Waals surface area (Å²) < 4.78 is 0. The smallest absolute Gasteiger partial charge is 0.226 e. The molecule has 0 spiro atoms. The molecule has 0 bridgehead atoms. The van der Waals surface area contributed by atoms with Gasteiger partial charge < -0.3 is 10.6 Å². The number of nitrogens with zero attached hydrogens (tertiary/aromatic N) is 1. The molecule has 2 N–H and O–H groups in total. The van der Waals surface area contributed by atoms with Crippen molar-refractivity contribution in [2.75, 3.05) is 7.05 Å². The van der Waals surface area contributed by atoms with E-state index in [0.717, 1.165) is 25.7 Å². The summed E-state index contributed by atoms with van der Waals surface area (Å²) in [6, 6.07) is 4.49. The summed E-state index contributed by atoms with van der Waals surface area (Å²) in [6.07, 6.45) is 3.99. The van der Waals surface area contributed by atoms with Crippen LogP contribution in [0.5, 0.6) is 0 Å². The van der Waals surface area contributed by atoms with Gasteiger partial charge in [0.1, 0.15) is 0 Å². The van der Waals surface area contributed by atoms with E-state index in [2.05, 4.69) is 18.4 Å². The van der Waals surface area contributed by atoms with Gasteiger partial charge in [-0.15, -0.1) is 11.3 Å². The fraction of sp³-hybridized carbons (Fsp3) is 0.643. The SMILES string of the molecule is CC(c1cccs1)N(C)C(=O)C1CCCC(N)C1. The quantitative estimate of drug-likeness (QED) is 0.914. The van der Waals surface area contributed by atoms with Gasteiger partial charge >= 0.3 is 0 Å². The van der Waals surface area contributed by atoms with E-state index in [4.69, 9.17) is 5.73 Å². The minimum absolute atomic E-state index is 0.126. The van der Waals surface area contributed by atoms with Crippen molar-refractivity contribution < 1.29 is 4.79 Å². The largest absolute Gasteiger partial charge is 0.338 e. The molecule has 1 aromatic heterocycles. The van der Waals surface area contributed by atoms with Crippen LogP contribution >= 0.6 is 11.3 Å². The first-order valence-corrected chi connectivity index (χ1v) is 7.53. The number of nitrogens with two attached hydrogens (primary N) is 1. The summed E-state index contributed by atoms with van der Waals surface area (Å²) >= 11 is 1.71. The van der Waals surface area contributed by atoms with Crippen LogP contribution in [0.2, 0.25) is 0 Å². The molecular weight excluding hydrogens is 244 g/mol. The zero-order valence-corrected chi connectivity index (χ0v) is 12.0. The van der Waals surface area contributed by atoms with Crippen molar-refractivity contribution in [3.05, 3.63) is 22.4 Å². The number of rotatable bonds is 3. The number of thiophene rings is 1. The molecule has 0 aromatic carbocycles. The van der Waals surface area contributed by atoms with Crippen molar-refractivity contribution in [3.63, 3.8) is 0 Å². The number of hydrogen-bond donors (Lipinski definition) is 1. The van der Waals surface area contributed by atoms with Crippen LogP contribution < -0.4 is 5.73 Å². The number of carbonyl (C=O) groups excluding carboxylic acids is 1. The van der Waals surface area contributed by atoms with Crippen LogP contribution in [0, 0.1) is 5.92 Å². The lowest BCUT2D eigenvalue weighted by Crippen LogP contribution is -2.39. The molecule has 1 fully saturated rings. The van der Waals surface area contributed by atoms with Gasteiger partial charge in [-0.25, -0.2) is 0 Å². The van der Waals surface area contributed by atoms with Crippen LogP contribution in [0.1, 0.15) is 43.5 Å². The van der Waals surface area contributed by atoms with Gasteiger partial charge in [0, 0.05) is 23.9 Å². The molecule has 1 heterocycles. The van der Waals surface area contributed by atoms with Gasteiger partial charge in [-0.05, 0) is 37.6 Å². The van der Waals surface area contributed by atoms with Crippen molar-refractivity contribution in [2.45, 2.75) is 44.7 Å². The van der Waals surface area contributed by atoms with Gasteiger partial charge in [0.05, 0.1) is 6.04 Å². The van der Waals surface area contributed by atoms with Gasteiger partial charge in [0.25, 0.3) is 0 Å². The summed E-state index contributed by atoms with van der Waals surface area (Å²) in [4.78, 5) is 15.6. The van der Waals surface area contributed by atoms with Crippen molar-refractivity contribution in [1.82, 2.24) is 4.90 Å². The summed E-state index contributed by atoms with van der Waals surface area (Å²) in [6.45, 7) is 2.09. The van der Waals surface area contributed by atoms with Gasteiger partial charge in [0.15, 0.2) is 0 Å². The first-order valence-electron chi connectivity index (χ1n) is 6.65. The predicted molar refractivity (Wildman–Crippen MR) is 75.4 cm³/mol. The van der Waals surface area contributed by atoms with Crippen LogP contribution in [0.3, 0.4) is 0 Å². The Kier molecular flexibility index (Phi) is 4.40. The molecule has 1 amide bonds. The Morgan fingerprint density at radius 3 is 2.94 bits per heavy atom. The van der Waals surface area contributed by atoms with E-state index in [0.29, 0.717) is 0 Å². The number of carbonyl (C=O) groups is 1. The van der Waals surface area contributed by atoms with Crippen LogP contribution in [-0.4, -0.2) is 23.9 Å². The molecule has 3 unspecified atom stereocenters. The molecule has 1 saturated carbocycles. The molecule has 0 radical (unpaired) electrons. The van der Waals surface area contributed by atoms with E-state index in [1.165, 1.54) is 4.88 Å². The maximum absolute atomic E-state index is 12.5. The maximum atomic E-state index is 12.5. The monoisotopic (exact) mass is 266 g/mol. The first-order chi connectivity index (χ1) is 8.59. The number of hydrogen-bond acceptors (Lipinski definition) is 3. The van der Waals surface area contributed by atoms with Crippen LogP contribution in [0.4, 0.5) is 0 Å². The molecule has 1 aromatic rings. The molecule has 1 aliphatic rings. The highest BCUT2D eigenvalue weighted by atomic mass is 32.1. The predicted octanol–water partition coefficient (Wildman–Crippen LogP) is 2.79. The Morgan fingerprint density at radius 1 is 1.56 bits per heavy atom. The molecule has 18 heavy (non-hydrogen) atoms. The standard InChI is InChI=1S/C14H22N2OS/c1-10(13-7-4-8-18-13)16(2)14(17)11-5-3-6-12(15)9-11/h4,7-8,10-12H,3,5-6,9,15H2,1-2H3. The van der Waals surface area contributed by atoms with Crippen LogP contribution in [0.25, 0.3) is 0 Å². The second-order valence-corrected chi connectivity index (χ2v) is 6.24. The molecule has 3 atom stereocenters. The average Bonchev–Trinajstić information content (AvgIpc) is 2.90. The third kappa shape index (κ3) is 2.93. The van der Waals surface area contributed by atoms with E-state index < -0.39 is 0 Å². The van der Waals surface area contributed by atoms with Gasteiger partial charge in [-0.1, -0.05) is 12.5 Å². The van der Waals surface area contributed by atoms with Gasteiger partial charge in [-0.3, -0.25) is 4.79 Å². The summed E-state index contributed by atoms with van der Waals surface area (Å²) in [7, 11) is 1.91. The highest BCUT2D eigenvalue weighted by molar-refractivity contribution is 7.10.